The first-order chi connectivity index (χ1) is 7.29. The maximum atomic E-state index is 5.39. The zero-order valence-corrected chi connectivity index (χ0v) is 8.78. The topological polar surface area (TPSA) is 64.1 Å². The van der Waals surface area contributed by atoms with Crippen molar-refractivity contribution in [3.8, 4) is 11.6 Å². The summed E-state index contributed by atoms with van der Waals surface area (Å²) in [6.45, 7) is 2.70. The number of hydrogen-bond acceptors (Lipinski definition) is 5. The van der Waals surface area contributed by atoms with Crippen molar-refractivity contribution in [1.82, 2.24) is 15.5 Å². The third-order valence-electron chi connectivity index (χ3n) is 2.02. The van der Waals surface area contributed by atoms with Gasteiger partial charge in [-0.15, -0.1) is 0 Å². The van der Waals surface area contributed by atoms with Crippen LogP contribution in [0.4, 0.5) is 0 Å². The van der Waals surface area contributed by atoms with Gasteiger partial charge in [-0.1, -0.05) is 5.16 Å². The van der Waals surface area contributed by atoms with Crippen LogP contribution in [0.3, 0.4) is 0 Å². The standard InChI is InChI=1S/C10H13N3O2/c1-7-3-4-8(14-7)10-12-9(15-13-10)5-6-11-2/h3-4,11H,5-6H2,1-2H3. The molecule has 0 spiro atoms. The third kappa shape index (κ3) is 2.24. The van der Waals surface area contributed by atoms with E-state index in [9.17, 15) is 0 Å². The second kappa shape index (κ2) is 4.27. The molecule has 0 bridgehead atoms. The molecule has 0 aliphatic carbocycles. The van der Waals surface area contributed by atoms with Gasteiger partial charge in [-0.3, -0.25) is 0 Å². The van der Waals surface area contributed by atoms with Crippen LogP contribution in [0.15, 0.2) is 21.1 Å². The molecule has 0 amide bonds. The van der Waals surface area contributed by atoms with E-state index >= 15 is 0 Å². The minimum absolute atomic E-state index is 0.509. The molecular formula is C10H13N3O2. The fraction of sp³-hybridized carbons (Fsp3) is 0.400. The zero-order chi connectivity index (χ0) is 10.7. The number of likely N-dealkylation sites (N-methyl/N-ethyl adjacent to an activating group) is 1. The summed E-state index contributed by atoms with van der Waals surface area (Å²) in [7, 11) is 1.88. The van der Waals surface area contributed by atoms with Gasteiger partial charge in [-0.2, -0.15) is 4.98 Å². The van der Waals surface area contributed by atoms with Gasteiger partial charge < -0.3 is 14.3 Å². The molecule has 0 unspecified atom stereocenters. The molecule has 0 aliphatic rings. The lowest BCUT2D eigenvalue weighted by atomic mass is 10.4. The second-order valence-electron chi connectivity index (χ2n) is 3.28. The molecule has 0 aliphatic heterocycles. The van der Waals surface area contributed by atoms with E-state index < -0.39 is 0 Å². The highest BCUT2D eigenvalue weighted by molar-refractivity contribution is 5.45. The number of nitrogens with one attached hydrogen (secondary N) is 1. The highest BCUT2D eigenvalue weighted by Gasteiger charge is 2.10. The molecule has 2 heterocycles. The summed E-state index contributed by atoms with van der Waals surface area (Å²) in [5, 5.41) is 6.86. The van der Waals surface area contributed by atoms with E-state index in [1.807, 2.05) is 26.1 Å². The summed E-state index contributed by atoms with van der Waals surface area (Å²) in [4.78, 5) is 4.22. The Kier molecular flexibility index (Phi) is 2.82. The number of aromatic nitrogens is 2. The van der Waals surface area contributed by atoms with E-state index in [1.165, 1.54) is 0 Å². The van der Waals surface area contributed by atoms with Gasteiger partial charge in [-0.05, 0) is 26.1 Å². The van der Waals surface area contributed by atoms with Crippen molar-refractivity contribution >= 4 is 0 Å². The first-order valence-electron chi connectivity index (χ1n) is 4.83. The summed E-state index contributed by atoms with van der Waals surface area (Å²) < 4.78 is 10.5. The van der Waals surface area contributed by atoms with Crippen LogP contribution >= 0.6 is 0 Å². The lowest BCUT2D eigenvalue weighted by molar-refractivity contribution is 0.376. The van der Waals surface area contributed by atoms with Crippen molar-refractivity contribution in [3.05, 3.63) is 23.8 Å². The van der Waals surface area contributed by atoms with Gasteiger partial charge in [0.2, 0.25) is 11.7 Å². The Morgan fingerprint density at radius 3 is 2.93 bits per heavy atom. The van der Waals surface area contributed by atoms with Crippen molar-refractivity contribution in [2.24, 2.45) is 0 Å². The SMILES string of the molecule is CNCCc1nc(-c2ccc(C)o2)no1. The van der Waals surface area contributed by atoms with Crippen molar-refractivity contribution in [2.45, 2.75) is 13.3 Å². The Bertz CT molecular complexity index is 433. The molecule has 0 atom stereocenters. The van der Waals surface area contributed by atoms with Gasteiger partial charge in [0.25, 0.3) is 0 Å². The van der Waals surface area contributed by atoms with Crippen LogP contribution in [-0.4, -0.2) is 23.7 Å². The van der Waals surface area contributed by atoms with E-state index in [1.54, 1.807) is 0 Å². The number of rotatable bonds is 4. The fourth-order valence-electron chi connectivity index (χ4n) is 1.24. The molecule has 2 rings (SSSR count). The van der Waals surface area contributed by atoms with Gasteiger partial charge in [0.1, 0.15) is 5.76 Å². The van der Waals surface area contributed by atoms with E-state index in [0.29, 0.717) is 17.5 Å². The minimum Gasteiger partial charge on any atom is -0.458 e. The van der Waals surface area contributed by atoms with E-state index in [-0.39, 0.29) is 0 Å². The summed E-state index contributed by atoms with van der Waals surface area (Å²) in [5.74, 6) is 2.61. The normalized spacial score (nSPS) is 10.8. The van der Waals surface area contributed by atoms with Crippen LogP contribution < -0.4 is 5.32 Å². The molecule has 80 valence electrons. The molecule has 1 N–H and O–H groups in total. The smallest absolute Gasteiger partial charge is 0.238 e. The summed E-state index contributed by atoms with van der Waals surface area (Å²) in [6.07, 6.45) is 0.725. The first kappa shape index (κ1) is 9.92. The van der Waals surface area contributed by atoms with E-state index in [4.69, 9.17) is 8.94 Å². The van der Waals surface area contributed by atoms with Crippen molar-refractivity contribution in [2.75, 3.05) is 13.6 Å². The molecule has 0 aromatic carbocycles. The lowest BCUT2D eigenvalue weighted by Gasteiger charge is -1.90. The first-order valence-corrected chi connectivity index (χ1v) is 4.83. The molecule has 15 heavy (non-hydrogen) atoms. The van der Waals surface area contributed by atoms with Gasteiger partial charge in [0.15, 0.2) is 5.76 Å². The predicted octanol–water partition coefficient (Wildman–Crippen LogP) is 1.40. The van der Waals surface area contributed by atoms with Crippen LogP contribution in [0.1, 0.15) is 11.7 Å². The molecule has 5 nitrogen and oxygen atoms in total. The Labute approximate surface area is 87.5 Å². The molecule has 5 heteroatoms. The van der Waals surface area contributed by atoms with Gasteiger partial charge in [0, 0.05) is 13.0 Å². The average Bonchev–Trinajstić information content (AvgIpc) is 2.83. The van der Waals surface area contributed by atoms with Gasteiger partial charge >= 0.3 is 0 Å². The molecule has 2 aromatic rings. The second-order valence-corrected chi connectivity index (χ2v) is 3.28. The molecule has 0 saturated heterocycles. The lowest BCUT2D eigenvalue weighted by Crippen LogP contribution is -2.10. The molecular weight excluding hydrogens is 194 g/mol. The van der Waals surface area contributed by atoms with Crippen LogP contribution in [0.25, 0.3) is 11.6 Å². The van der Waals surface area contributed by atoms with E-state index in [0.717, 1.165) is 18.7 Å². The molecule has 0 saturated carbocycles. The Hall–Kier alpha value is -1.62. The van der Waals surface area contributed by atoms with Crippen molar-refractivity contribution in [1.29, 1.82) is 0 Å². The molecule has 0 radical (unpaired) electrons. The number of nitrogens with zero attached hydrogens (tertiary/aromatic N) is 2. The maximum absolute atomic E-state index is 5.39. The quantitative estimate of drug-likeness (QED) is 0.821. The van der Waals surface area contributed by atoms with E-state index in [2.05, 4.69) is 15.5 Å². The van der Waals surface area contributed by atoms with Crippen LogP contribution in [0.5, 0.6) is 0 Å². The van der Waals surface area contributed by atoms with Crippen LogP contribution in [0, 0.1) is 6.92 Å². The Morgan fingerprint density at radius 2 is 2.27 bits per heavy atom. The summed E-state index contributed by atoms with van der Waals surface area (Å²) >= 11 is 0. The number of hydrogen-bond donors (Lipinski definition) is 1. The number of furan rings is 1. The van der Waals surface area contributed by atoms with Crippen LogP contribution in [-0.2, 0) is 6.42 Å². The maximum Gasteiger partial charge on any atom is 0.238 e. The summed E-state index contributed by atoms with van der Waals surface area (Å²) in [6, 6.07) is 3.71. The average molecular weight is 207 g/mol. The molecule has 2 aromatic heterocycles. The largest absolute Gasteiger partial charge is 0.458 e. The predicted molar refractivity (Wildman–Crippen MR) is 54.4 cm³/mol. The van der Waals surface area contributed by atoms with Crippen LogP contribution in [0.2, 0.25) is 0 Å². The zero-order valence-electron chi connectivity index (χ0n) is 8.78. The summed E-state index contributed by atoms with van der Waals surface area (Å²) in [5.41, 5.74) is 0. The van der Waals surface area contributed by atoms with Gasteiger partial charge in [0.05, 0.1) is 0 Å². The minimum atomic E-state index is 0.509. The number of aryl methyl sites for hydroxylation is 1. The monoisotopic (exact) mass is 207 g/mol. The Morgan fingerprint density at radius 1 is 1.40 bits per heavy atom. The fourth-order valence-corrected chi connectivity index (χ4v) is 1.24. The van der Waals surface area contributed by atoms with Gasteiger partial charge in [-0.25, -0.2) is 0 Å². The Balaban J connectivity index is 2.13. The van der Waals surface area contributed by atoms with Crippen molar-refractivity contribution in [3.63, 3.8) is 0 Å². The highest BCUT2D eigenvalue weighted by atomic mass is 16.5. The molecule has 0 fully saturated rings. The van der Waals surface area contributed by atoms with Crippen molar-refractivity contribution < 1.29 is 8.94 Å². The third-order valence-corrected chi connectivity index (χ3v) is 2.02. The highest BCUT2D eigenvalue weighted by Crippen LogP contribution is 2.18.